The van der Waals surface area contributed by atoms with E-state index in [4.69, 9.17) is 20.4 Å². The van der Waals surface area contributed by atoms with Crippen LogP contribution in [0.5, 0.6) is 0 Å². The van der Waals surface area contributed by atoms with Gasteiger partial charge < -0.3 is 0 Å². The summed E-state index contributed by atoms with van der Waals surface area (Å²) in [6.07, 6.45) is 0. The predicted molar refractivity (Wildman–Crippen MR) is 185 cm³/mol. The van der Waals surface area contributed by atoms with Crippen LogP contribution in [0.2, 0.25) is 0 Å². The van der Waals surface area contributed by atoms with Crippen LogP contribution in [0.1, 0.15) is 11.1 Å². The Kier molecular flexibility index (Phi) is 7.43. The number of para-hydroxylation sites is 2. The highest BCUT2D eigenvalue weighted by atomic mass is 15.7. The first-order valence-corrected chi connectivity index (χ1v) is 15.9. The van der Waals surface area contributed by atoms with E-state index in [-0.39, 0.29) is 0 Å². The van der Waals surface area contributed by atoms with E-state index in [1.54, 1.807) is 0 Å². The summed E-state index contributed by atoms with van der Waals surface area (Å²) in [5.41, 5.74) is 10.1. The summed E-state index contributed by atoms with van der Waals surface area (Å²) in [6, 6.07) is 53.2. The van der Waals surface area contributed by atoms with Gasteiger partial charge in [0.15, 0.2) is 11.4 Å². The van der Waals surface area contributed by atoms with Crippen molar-refractivity contribution in [3.05, 3.63) is 169 Å². The van der Waals surface area contributed by atoms with Gasteiger partial charge in [0.25, 0.3) is 0 Å². The number of hydrogen-bond donors (Lipinski definition) is 0. The Morgan fingerprint density at radius 1 is 0.396 bits per heavy atom. The van der Waals surface area contributed by atoms with Crippen LogP contribution in [0.25, 0.3) is 56.7 Å². The number of hydrogen-bond acceptors (Lipinski definition) is 4. The highest BCUT2D eigenvalue weighted by molar-refractivity contribution is 5.67. The van der Waals surface area contributed by atoms with Gasteiger partial charge in [-0.1, -0.05) is 72.8 Å². The number of benzene rings is 6. The number of nitrogens with zero attached hydrogens (tertiary/aromatic N) is 8. The third-order valence-corrected chi connectivity index (χ3v) is 8.31. The quantitative estimate of drug-likeness (QED) is 0.179. The third kappa shape index (κ3) is 5.45. The maximum atomic E-state index is 4.96. The van der Waals surface area contributed by atoms with Gasteiger partial charge in [-0.3, -0.25) is 0 Å². The molecule has 0 fully saturated rings. The van der Waals surface area contributed by atoms with Gasteiger partial charge in [-0.2, -0.15) is 0 Å². The summed E-state index contributed by atoms with van der Waals surface area (Å²) in [7, 11) is 0. The van der Waals surface area contributed by atoms with E-state index in [0.29, 0.717) is 11.6 Å². The second-order valence-electron chi connectivity index (χ2n) is 11.6. The van der Waals surface area contributed by atoms with Crippen molar-refractivity contribution in [2.24, 2.45) is 0 Å². The average Bonchev–Trinajstić information content (AvgIpc) is 3.79. The molecule has 0 aliphatic heterocycles. The van der Waals surface area contributed by atoms with Crippen LogP contribution in [0, 0.1) is 13.8 Å². The highest BCUT2D eigenvalue weighted by Gasteiger charge is 2.26. The van der Waals surface area contributed by atoms with Crippen LogP contribution in [0.4, 0.5) is 0 Å². The van der Waals surface area contributed by atoms with Crippen LogP contribution in [0.15, 0.2) is 158 Å². The van der Waals surface area contributed by atoms with Gasteiger partial charge in [-0.15, -0.1) is 0 Å². The van der Waals surface area contributed by atoms with Crippen molar-refractivity contribution in [1.82, 2.24) is 30.0 Å². The van der Waals surface area contributed by atoms with Crippen LogP contribution < -0.4 is 9.59 Å². The summed E-state index contributed by atoms with van der Waals surface area (Å²) in [4.78, 5) is 7.46. The third-order valence-electron chi connectivity index (χ3n) is 8.31. The molecule has 0 radical (unpaired) electrons. The fourth-order valence-electron chi connectivity index (χ4n) is 5.86. The molecule has 0 unspecified atom stereocenters. The maximum Gasteiger partial charge on any atom is 0.340 e. The molecule has 0 spiro atoms. The molecule has 48 heavy (non-hydrogen) atoms. The minimum atomic E-state index is 0.658. The molecule has 0 atom stereocenters. The van der Waals surface area contributed by atoms with Gasteiger partial charge in [0.05, 0.1) is 21.3 Å². The lowest BCUT2D eigenvalue weighted by atomic mass is 10.00. The maximum absolute atomic E-state index is 4.96. The predicted octanol–water partition coefficient (Wildman–Crippen LogP) is 7.02. The molecular weight excluding hydrogens is 592 g/mol. The second kappa shape index (κ2) is 12.3. The second-order valence-corrected chi connectivity index (χ2v) is 11.6. The average molecular weight is 625 g/mol. The first-order chi connectivity index (χ1) is 23.6. The molecule has 0 saturated carbocycles. The normalized spacial score (nSPS) is 11.1. The van der Waals surface area contributed by atoms with Crippen LogP contribution in [-0.4, -0.2) is 30.0 Å². The number of aromatic nitrogens is 8. The molecule has 2 aromatic heterocycles. The van der Waals surface area contributed by atoms with E-state index >= 15 is 0 Å². The SMILES string of the molecule is Cc1cc(-c2ccc(-[n+]3nc(-c4ccccc4)nn3-c3ccccc3)c(C)c2)ccc1-[n+]1nc(-c2ccccc2)nn1-c1ccccc1. The Morgan fingerprint density at radius 2 is 0.750 bits per heavy atom. The summed E-state index contributed by atoms with van der Waals surface area (Å²) in [5.74, 6) is 1.32. The van der Waals surface area contributed by atoms with Crippen molar-refractivity contribution in [2.45, 2.75) is 13.8 Å². The summed E-state index contributed by atoms with van der Waals surface area (Å²) < 4.78 is 0. The van der Waals surface area contributed by atoms with E-state index in [9.17, 15) is 0 Å². The summed E-state index contributed by atoms with van der Waals surface area (Å²) in [6.45, 7) is 4.23. The van der Waals surface area contributed by atoms with E-state index in [1.165, 1.54) is 0 Å². The van der Waals surface area contributed by atoms with Crippen molar-refractivity contribution in [1.29, 1.82) is 0 Å². The standard InChI is InChI=1S/C40H32N8/c1-29-27-33(23-25-37(29)47-43-39(31-15-7-3-8-16-31)41-45(47)35-19-11-5-12-20-35)34-24-26-38(30(2)28-34)48-44-40(32-17-9-4-10-18-32)42-46(48)36-21-13-6-14-22-36/h3-28H,1-2H3/q+2. The molecule has 0 aliphatic carbocycles. The topological polar surface area (TPSA) is 69.2 Å². The zero-order valence-corrected chi connectivity index (χ0v) is 26.6. The largest absolute Gasteiger partial charge is 0.340 e. The summed E-state index contributed by atoms with van der Waals surface area (Å²) in [5, 5.41) is 19.7. The molecule has 0 aliphatic rings. The van der Waals surface area contributed by atoms with Gasteiger partial charge in [-0.05, 0) is 130 Å². The molecular formula is C40H32N8+2. The molecule has 0 amide bonds. The van der Waals surface area contributed by atoms with Crippen LogP contribution >= 0.6 is 0 Å². The fraction of sp³-hybridized carbons (Fsp3) is 0.0500. The van der Waals surface area contributed by atoms with Crippen molar-refractivity contribution in [3.8, 4) is 56.7 Å². The minimum absolute atomic E-state index is 0.658. The smallest absolute Gasteiger partial charge is 0.0622 e. The van der Waals surface area contributed by atoms with E-state index in [0.717, 1.165) is 56.1 Å². The van der Waals surface area contributed by atoms with Crippen LogP contribution in [0.3, 0.4) is 0 Å². The van der Waals surface area contributed by atoms with Gasteiger partial charge in [0.1, 0.15) is 11.4 Å². The lowest BCUT2D eigenvalue weighted by Crippen LogP contribution is -2.44. The minimum Gasteiger partial charge on any atom is -0.0622 e. The fourth-order valence-corrected chi connectivity index (χ4v) is 5.86. The Bertz CT molecular complexity index is 2180. The van der Waals surface area contributed by atoms with Gasteiger partial charge >= 0.3 is 11.6 Å². The Balaban J connectivity index is 1.17. The van der Waals surface area contributed by atoms with E-state index < -0.39 is 0 Å². The zero-order valence-electron chi connectivity index (χ0n) is 26.6. The molecule has 8 aromatic rings. The summed E-state index contributed by atoms with van der Waals surface area (Å²) >= 11 is 0. The molecule has 8 rings (SSSR count). The van der Waals surface area contributed by atoms with Gasteiger partial charge in [0, 0.05) is 20.7 Å². The van der Waals surface area contributed by atoms with Crippen molar-refractivity contribution in [3.63, 3.8) is 0 Å². The van der Waals surface area contributed by atoms with E-state index in [1.807, 2.05) is 141 Å². The molecule has 0 saturated heterocycles. The number of tetrazole rings is 2. The molecule has 2 heterocycles. The molecule has 8 heteroatoms. The van der Waals surface area contributed by atoms with Crippen LogP contribution in [-0.2, 0) is 0 Å². The van der Waals surface area contributed by atoms with Crippen molar-refractivity contribution < 1.29 is 9.59 Å². The lowest BCUT2D eigenvalue weighted by Gasteiger charge is -2.09. The molecule has 0 N–H and O–H groups in total. The van der Waals surface area contributed by atoms with E-state index in [2.05, 4.69) is 50.2 Å². The molecule has 6 aromatic carbocycles. The van der Waals surface area contributed by atoms with Crippen molar-refractivity contribution in [2.75, 3.05) is 0 Å². The van der Waals surface area contributed by atoms with Gasteiger partial charge in [-0.25, -0.2) is 0 Å². The lowest BCUT2D eigenvalue weighted by molar-refractivity contribution is -0.735. The Morgan fingerprint density at radius 3 is 1.10 bits per heavy atom. The van der Waals surface area contributed by atoms with Crippen molar-refractivity contribution >= 4 is 0 Å². The highest BCUT2D eigenvalue weighted by Crippen LogP contribution is 2.26. The molecule has 230 valence electrons. The molecule has 8 nitrogen and oxygen atoms in total. The number of rotatable bonds is 7. The first-order valence-electron chi connectivity index (χ1n) is 15.9. The Hall–Kier alpha value is -6.54. The molecule has 0 bridgehead atoms. The van der Waals surface area contributed by atoms with Gasteiger partial charge in [0.2, 0.25) is 0 Å². The Labute approximate surface area is 278 Å². The number of aryl methyl sites for hydroxylation is 2. The zero-order chi connectivity index (χ0) is 32.5. The monoisotopic (exact) mass is 624 g/mol. The first kappa shape index (κ1) is 28.9.